The number of aromatic nitrogens is 1. The van der Waals surface area contributed by atoms with Gasteiger partial charge in [0.2, 0.25) is 0 Å². The molecule has 1 rings (SSSR count). The minimum absolute atomic E-state index is 0.00991. The first kappa shape index (κ1) is 13.4. The van der Waals surface area contributed by atoms with E-state index in [-0.39, 0.29) is 5.91 Å². The zero-order chi connectivity index (χ0) is 12.8. The van der Waals surface area contributed by atoms with Crippen molar-refractivity contribution in [1.82, 2.24) is 14.8 Å². The highest BCUT2D eigenvalue weighted by Gasteiger charge is 2.15. The van der Waals surface area contributed by atoms with Crippen molar-refractivity contribution in [3.8, 4) is 0 Å². The van der Waals surface area contributed by atoms with Gasteiger partial charge in [0.25, 0.3) is 5.91 Å². The summed E-state index contributed by atoms with van der Waals surface area (Å²) in [7, 11) is 7.54. The van der Waals surface area contributed by atoms with Crippen molar-refractivity contribution in [2.24, 2.45) is 0 Å². The first-order valence-electron chi connectivity index (χ1n) is 5.59. The molecule has 5 nitrogen and oxygen atoms in total. The van der Waals surface area contributed by atoms with E-state index in [0.29, 0.717) is 17.9 Å². The summed E-state index contributed by atoms with van der Waals surface area (Å²) >= 11 is 0. The summed E-state index contributed by atoms with van der Waals surface area (Å²) in [5.74, 6) is 0.610. The normalized spacial score (nSPS) is 10.4. The fraction of sp³-hybridized carbons (Fsp3) is 0.500. The highest BCUT2D eigenvalue weighted by atomic mass is 16.2. The summed E-state index contributed by atoms with van der Waals surface area (Å²) in [6.07, 6.45) is 1.67. The number of rotatable bonds is 5. The van der Waals surface area contributed by atoms with Crippen LogP contribution in [-0.4, -0.2) is 62.0 Å². The Balaban J connectivity index is 2.74. The second kappa shape index (κ2) is 6.20. The van der Waals surface area contributed by atoms with Crippen molar-refractivity contribution in [2.45, 2.75) is 0 Å². The van der Waals surface area contributed by atoms with Gasteiger partial charge < -0.3 is 15.1 Å². The second-order valence-electron chi connectivity index (χ2n) is 4.18. The van der Waals surface area contributed by atoms with Gasteiger partial charge in [-0.3, -0.25) is 4.79 Å². The van der Waals surface area contributed by atoms with E-state index in [9.17, 15) is 4.79 Å². The second-order valence-corrected chi connectivity index (χ2v) is 4.18. The fourth-order valence-corrected chi connectivity index (χ4v) is 1.43. The topological polar surface area (TPSA) is 48.5 Å². The molecule has 94 valence electrons. The van der Waals surface area contributed by atoms with Gasteiger partial charge in [0, 0.05) is 33.4 Å². The molecule has 1 amide bonds. The van der Waals surface area contributed by atoms with Crippen LogP contribution < -0.4 is 5.32 Å². The Kier molecular flexibility index (Phi) is 4.90. The summed E-state index contributed by atoms with van der Waals surface area (Å²) < 4.78 is 0. The molecule has 0 radical (unpaired) electrons. The number of pyridine rings is 1. The third-order valence-electron chi connectivity index (χ3n) is 2.50. The highest BCUT2D eigenvalue weighted by Crippen LogP contribution is 2.12. The van der Waals surface area contributed by atoms with Crippen LogP contribution in [0.5, 0.6) is 0 Å². The highest BCUT2D eigenvalue weighted by molar-refractivity contribution is 5.98. The Bertz CT molecular complexity index is 379. The third-order valence-corrected chi connectivity index (χ3v) is 2.50. The van der Waals surface area contributed by atoms with E-state index >= 15 is 0 Å². The molecule has 0 saturated carbocycles. The van der Waals surface area contributed by atoms with Crippen LogP contribution in [0, 0.1) is 0 Å². The van der Waals surface area contributed by atoms with Crippen LogP contribution in [0.25, 0.3) is 0 Å². The smallest absolute Gasteiger partial charge is 0.257 e. The van der Waals surface area contributed by atoms with Gasteiger partial charge in [0.05, 0.1) is 5.56 Å². The van der Waals surface area contributed by atoms with E-state index in [1.54, 1.807) is 37.3 Å². The zero-order valence-electron chi connectivity index (χ0n) is 10.9. The molecule has 0 aromatic carbocycles. The number of hydrogen-bond acceptors (Lipinski definition) is 4. The van der Waals surface area contributed by atoms with Crippen LogP contribution in [0.15, 0.2) is 18.3 Å². The average Bonchev–Trinajstić information content (AvgIpc) is 2.34. The number of likely N-dealkylation sites (N-methyl/N-ethyl adjacent to an activating group) is 2. The minimum atomic E-state index is -0.00991. The molecule has 0 aliphatic carbocycles. The fourth-order valence-electron chi connectivity index (χ4n) is 1.43. The number of anilines is 1. The van der Waals surface area contributed by atoms with Gasteiger partial charge >= 0.3 is 0 Å². The van der Waals surface area contributed by atoms with Gasteiger partial charge in [-0.15, -0.1) is 0 Å². The summed E-state index contributed by atoms with van der Waals surface area (Å²) in [5, 5.41) is 2.93. The molecular weight excluding hydrogens is 216 g/mol. The number of carbonyl (C=O) groups is 1. The maximum absolute atomic E-state index is 12.2. The van der Waals surface area contributed by atoms with E-state index in [2.05, 4.69) is 10.3 Å². The summed E-state index contributed by atoms with van der Waals surface area (Å²) in [5.41, 5.74) is 0.608. The van der Waals surface area contributed by atoms with Gasteiger partial charge in [-0.25, -0.2) is 4.98 Å². The predicted molar refractivity (Wildman–Crippen MR) is 69.3 cm³/mol. The Morgan fingerprint density at radius 2 is 2.06 bits per heavy atom. The Hall–Kier alpha value is -1.62. The lowest BCUT2D eigenvalue weighted by atomic mass is 10.2. The molecule has 0 atom stereocenters. The van der Waals surface area contributed by atoms with E-state index in [4.69, 9.17) is 0 Å². The van der Waals surface area contributed by atoms with Crippen LogP contribution in [0.2, 0.25) is 0 Å². The van der Waals surface area contributed by atoms with Gasteiger partial charge in [-0.1, -0.05) is 0 Å². The maximum atomic E-state index is 12.2. The Morgan fingerprint density at radius 3 is 2.65 bits per heavy atom. The van der Waals surface area contributed by atoms with Crippen molar-refractivity contribution in [3.63, 3.8) is 0 Å². The van der Waals surface area contributed by atoms with Crippen molar-refractivity contribution >= 4 is 11.7 Å². The van der Waals surface area contributed by atoms with Crippen LogP contribution in [0.1, 0.15) is 10.4 Å². The molecule has 0 unspecified atom stereocenters. The van der Waals surface area contributed by atoms with Crippen LogP contribution in [0.4, 0.5) is 5.82 Å². The van der Waals surface area contributed by atoms with Crippen LogP contribution in [-0.2, 0) is 0 Å². The van der Waals surface area contributed by atoms with Crippen LogP contribution >= 0.6 is 0 Å². The van der Waals surface area contributed by atoms with Gasteiger partial charge in [0.15, 0.2) is 0 Å². The summed E-state index contributed by atoms with van der Waals surface area (Å²) in [6.45, 7) is 1.54. The molecule has 1 N–H and O–H groups in total. The summed E-state index contributed by atoms with van der Waals surface area (Å²) in [4.78, 5) is 20.0. The lowest BCUT2D eigenvalue weighted by molar-refractivity contribution is 0.0787. The van der Waals surface area contributed by atoms with Crippen LogP contribution in [0.3, 0.4) is 0 Å². The van der Waals surface area contributed by atoms with E-state index in [1.807, 2.05) is 19.0 Å². The van der Waals surface area contributed by atoms with E-state index in [1.165, 1.54) is 0 Å². The molecule has 0 saturated heterocycles. The molecule has 0 aliphatic heterocycles. The third kappa shape index (κ3) is 3.71. The lowest BCUT2D eigenvalue weighted by Crippen LogP contribution is -2.33. The van der Waals surface area contributed by atoms with E-state index in [0.717, 1.165) is 6.54 Å². The molecule has 17 heavy (non-hydrogen) atoms. The predicted octanol–water partition coefficient (Wildman–Crippen LogP) is 0.757. The number of nitrogens with one attached hydrogen (secondary N) is 1. The zero-order valence-corrected chi connectivity index (χ0v) is 10.9. The minimum Gasteiger partial charge on any atom is -0.372 e. The first-order valence-corrected chi connectivity index (χ1v) is 5.59. The number of carbonyl (C=O) groups excluding carboxylic acids is 1. The van der Waals surface area contributed by atoms with E-state index < -0.39 is 0 Å². The largest absolute Gasteiger partial charge is 0.372 e. The molecule has 1 heterocycles. The van der Waals surface area contributed by atoms with Gasteiger partial charge in [-0.2, -0.15) is 0 Å². The molecule has 0 bridgehead atoms. The molecule has 5 heteroatoms. The quantitative estimate of drug-likeness (QED) is 0.820. The van der Waals surface area contributed by atoms with Gasteiger partial charge in [-0.05, 0) is 26.2 Å². The number of hydrogen-bond donors (Lipinski definition) is 1. The SMILES string of the molecule is CNc1ncccc1C(=O)N(C)CCN(C)C. The van der Waals surface area contributed by atoms with Crippen molar-refractivity contribution in [2.75, 3.05) is 46.6 Å². The molecular formula is C12H20N4O. The van der Waals surface area contributed by atoms with Crippen molar-refractivity contribution in [3.05, 3.63) is 23.9 Å². The molecule has 1 aromatic rings. The standard InChI is InChI=1S/C12H20N4O/c1-13-11-10(6-5-7-14-11)12(17)16(4)9-8-15(2)3/h5-7H,8-9H2,1-4H3,(H,13,14). The lowest BCUT2D eigenvalue weighted by Gasteiger charge is -2.20. The van der Waals surface area contributed by atoms with Gasteiger partial charge in [0.1, 0.15) is 5.82 Å². The Morgan fingerprint density at radius 1 is 1.35 bits per heavy atom. The van der Waals surface area contributed by atoms with Crippen molar-refractivity contribution < 1.29 is 4.79 Å². The molecule has 1 aromatic heterocycles. The Labute approximate surface area is 102 Å². The molecule has 0 aliphatic rings. The monoisotopic (exact) mass is 236 g/mol. The number of nitrogens with zero attached hydrogens (tertiary/aromatic N) is 3. The number of amides is 1. The first-order chi connectivity index (χ1) is 8.06. The van der Waals surface area contributed by atoms with Crippen molar-refractivity contribution in [1.29, 1.82) is 0 Å². The maximum Gasteiger partial charge on any atom is 0.257 e. The average molecular weight is 236 g/mol. The summed E-state index contributed by atoms with van der Waals surface area (Å²) in [6, 6.07) is 3.56. The molecule has 0 fully saturated rings. The molecule has 0 spiro atoms.